The molecule has 0 amide bonds. The van der Waals surface area contributed by atoms with Crippen LogP contribution in [0.2, 0.25) is 0 Å². The van der Waals surface area contributed by atoms with Crippen molar-refractivity contribution in [2.45, 2.75) is 18.6 Å². The van der Waals surface area contributed by atoms with E-state index in [1.165, 1.54) is 4.31 Å². The van der Waals surface area contributed by atoms with Crippen LogP contribution in [0.4, 0.5) is 4.39 Å². The van der Waals surface area contributed by atoms with Crippen LogP contribution in [0, 0.1) is 0 Å². The molecule has 0 unspecified atom stereocenters. The Kier molecular flexibility index (Phi) is 2.94. The quantitative estimate of drug-likeness (QED) is 0.649. The van der Waals surface area contributed by atoms with Crippen LogP contribution >= 0.6 is 0 Å². The second kappa shape index (κ2) is 3.51. The average Bonchev–Trinajstić information content (AvgIpc) is 2.04. The van der Waals surface area contributed by atoms with Gasteiger partial charge >= 0.3 is 0 Å². The van der Waals surface area contributed by atoms with Crippen LogP contribution < -0.4 is 5.32 Å². The van der Waals surface area contributed by atoms with E-state index in [0.29, 0.717) is 0 Å². The van der Waals surface area contributed by atoms with Gasteiger partial charge in [-0.15, -0.1) is 0 Å². The summed E-state index contributed by atoms with van der Waals surface area (Å²) in [6, 6.07) is 0. The van der Waals surface area contributed by atoms with E-state index in [2.05, 4.69) is 5.32 Å². The number of hydrogen-bond donors (Lipinski definition) is 1. The monoisotopic (exact) mass is 210 g/mol. The first-order valence-corrected chi connectivity index (χ1v) is 6.05. The van der Waals surface area contributed by atoms with Crippen LogP contribution in [-0.2, 0) is 10.0 Å². The maximum Gasteiger partial charge on any atom is 0.211 e. The van der Waals surface area contributed by atoms with Gasteiger partial charge in [-0.25, -0.2) is 17.1 Å². The molecular weight excluding hydrogens is 195 g/mol. The SMILES string of the molecule is CNC1(F)CCN(S(C)(=O)=O)CC1. The van der Waals surface area contributed by atoms with E-state index in [9.17, 15) is 12.8 Å². The molecule has 13 heavy (non-hydrogen) atoms. The number of piperidine rings is 1. The predicted octanol–water partition coefficient (Wildman–Crippen LogP) is -0.0730. The topological polar surface area (TPSA) is 49.4 Å². The highest BCUT2D eigenvalue weighted by Gasteiger charge is 2.35. The summed E-state index contributed by atoms with van der Waals surface area (Å²) in [6.07, 6.45) is 1.59. The lowest BCUT2D eigenvalue weighted by Crippen LogP contribution is -2.50. The fourth-order valence-electron chi connectivity index (χ4n) is 1.42. The molecule has 0 radical (unpaired) electrons. The Morgan fingerprint density at radius 1 is 1.38 bits per heavy atom. The fraction of sp³-hybridized carbons (Fsp3) is 1.00. The van der Waals surface area contributed by atoms with Gasteiger partial charge in [0, 0.05) is 25.9 Å². The Hall–Kier alpha value is -0.200. The number of alkyl halides is 1. The largest absolute Gasteiger partial charge is 0.288 e. The van der Waals surface area contributed by atoms with Crippen LogP contribution in [-0.4, -0.2) is 44.9 Å². The van der Waals surface area contributed by atoms with Crippen molar-refractivity contribution < 1.29 is 12.8 Å². The van der Waals surface area contributed by atoms with Crippen LogP contribution in [0.3, 0.4) is 0 Å². The van der Waals surface area contributed by atoms with Crippen molar-refractivity contribution in [1.29, 1.82) is 0 Å². The summed E-state index contributed by atoms with van der Waals surface area (Å²) < 4.78 is 37.0. The smallest absolute Gasteiger partial charge is 0.211 e. The third kappa shape index (κ3) is 2.62. The van der Waals surface area contributed by atoms with E-state index in [4.69, 9.17) is 0 Å². The predicted molar refractivity (Wildman–Crippen MR) is 48.5 cm³/mol. The average molecular weight is 210 g/mol. The number of sulfonamides is 1. The minimum atomic E-state index is -3.15. The van der Waals surface area contributed by atoms with E-state index >= 15 is 0 Å². The minimum Gasteiger partial charge on any atom is -0.288 e. The highest BCUT2D eigenvalue weighted by molar-refractivity contribution is 7.88. The summed E-state index contributed by atoms with van der Waals surface area (Å²) in [5.41, 5.74) is 0. The zero-order chi connectivity index (χ0) is 10.1. The second-order valence-corrected chi connectivity index (χ2v) is 5.36. The normalized spacial score (nSPS) is 24.5. The molecule has 1 N–H and O–H groups in total. The molecule has 4 nitrogen and oxygen atoms in total. The molecule has 0 aromatic rings. The van der Waals surface area contributed by atoms with E-state index in [-0.39, 0.29) is 25.9 Å². The number of rotatable bonds is 2. The molecule has 0 spiro atoms. The fourth-order valence-corrected chi connectivity index (χ4v) is 2.27. The van der Waals surface area contributed by atoms with Crippen molar-refractivity contribution in [3.63, 3.8) is 0 Å². The molecule has 1 heterocycles. The van der Waals surface area contributed by atoms with Gasteiger partial charge in [-0.2, -0.15) is 0 Å². The summed E-state index contributed by atoms with van der Waals surface area (Å²) in [4.78, 5) is 0. The number of halogens is 1. The highest BCUT2D eigenvalue weighted by Crippen LogP contribution is 2.24. The number of nitrogens with zero attached hydrogens (tertiary/aromatic N) is 1. The van der Waals surface area contributed by atoms with Crippen molar-refractivity contribution in [1.82, 2.24) is 9.62 Å². The molecule has 1 aliphatic rings. The van der Waals surface area contributed by atoms with E-state index < -0.39 is 15.8 Å². The van der Waals surface area contributed by atoms with Crippen molar-refractivity contribution >= 4 is 10.0 Å². The maximum absolute atomic E-state index is 13.5. The molecule has 0 bridgehead atoms. The van der Waals surface area contributed by atoms with Crippen LogP contribution in [0.5, 0.6) is 0 Å². The summed E-state index contributed by atoms with van der Waals surface area (Å²) in [5, 5.41) is 2.56. The van der Waals surface area contributed by atoms with Crippen molar-refractivity contribution in [3.05, 3.63) is 0 Å². The summed E-state index contributed by atoms with van der Waals surface area (Å²) in [5.74, 6) is -1.39. The van der Waals surface area contributed by atoms with Gasteiger partial charge in [0.05, 0.1) is 6.26 Å². The standard InChI is InChI=1S/C7H15FN2O2S/c1-9-7(8)3-5-10(6-4-7)13(2,11)12/h9H,3-6H2,1-2H3. The second-order valence-electron chi connectivity index (χ2n) is 3.38. The zero-order valence-electron chi connectivity index (χ0n) is 7.88. The first-order valence-electron chi connectivity index (χ1n) is 4.20. The van der Waals surface area contributed by atoms with Gasteiger partial charge in [-0.1, -0.05) is 0 Å². The molecule has 1 rings (SSSR count). The van der Waals surface area contributed by atoms with Gasteiger partial charge in [-0.3, -0.25) is 5.32 Å². The van der Waals surface area contributed by atoms with E-state index in [1.54, 1.807) is 7.05 Å². The molecule has 1 fully saturated rings. The van der Waals surface area contributed by atoms with Crippen molar-refractivity contribution in [3.8, 4) is 0 Å². The lowest BCUT2D eigenvalue weighted by molar-refractivity contribution is 0.0614. The van der Waals surface area contributed by atoms with Crippen LogP contribution in [0.15, 0.2) is 0 Å². The Morgan fingerprint density at radius 3 is 2.15 bits per heavy atom. The Morgan fingerprint density at radius 2 is 1.85 bits per heavy atom. The van der Waals surface area contributed by atoms with E-state index in [0.717, 1.165) is 6.26 Å². The van der Waals surface area contributed by atoms with Crippen LogP contribution in [0.25, 0.3) is 0 Å². The summed E-state index contributed by atoms with van der Waals surface area (Å²) in [6.45, 7) is 0.520. The van der Waals surface area contributed by atoms with Crippen LogP contribution in [0.1, 0.15) is 12.8 Å². The number of hydrogen-bond acceptors (Lipinski definition) is 3. The third-order valence-electron chi connectivity index (χ3n) is 2.43. The van der Waals surface area contributed by atoms with Gasteiger partial charge in [0.1, 0.15) is 0 Å². The molecule has 0 saturated carbocycles. The molecule has 1 saturated heterocycles. The summed E-state index contributed by atoms with van der Waals surface area (Å²) in [7, 11) is -1.59. The number of nitrogens with one attached hydrogen (secondary N) is 1. The van der Waals surface area contributed by atoms with Gasteiger partial charge < -0.3 is 0 Å². The van der Waals surface area contributed by atoms with Gasteiger partial charge in [-0.05, 0) is 7.05 Å². The molecule has 0 aromatic carbocycles. The first-order chi connectivity index (χ1) is 5.87. The Labute approximate surface area is 78.2 Å². The zero-order valence-corrected chi connectivity index (χ0v) is 8.69. The minimum absolute atomic E-state index is 0.219. The Bertz CT molecular complexity index is 270. The molecule has 0 aliphatic carbocycles. The highest BCUT2D eigenvalue weighted by atomic mass is 32.2. The van der Waals surface area contributed by atoms with Gasteiger partial charge in [0.2, 0.25) is 10.0 Å². The molecule has 78 valence electrons. The lowest BCUT2D eigenvalue weighted by atomic mass is 10.0. The van der Waals surface area contributed by atoms with Gasteiger partial charge in [0.15, 0.2) is 5.79 Å². The lowest BCUT2D eigenvalue weighted by Gasteiger charge is -2.34. The first kappa shape index (κ1) is 10.9. The molecular formula is C7H15FN2O2S. The molecule has 1 aliphatic heterocycles. The van der Waals surface area contributed by atoms with Gasteiger partial charge in [0.25, 0.3) is 0 Å². The molecule has 0 aromatic heterocycles. The summed E-state index contributed by atoms with van der Waals surface area (Å²) >= 11 is 0. The molecule has 6 heteroatoms. The molecule has 0 atom stereocenters. The van der Waals surface area contributed by atoms with Crippen molar-refractivity contribution in [2.24, 2.45) is 0 Å². The third-order valence-corrected chi connectivity index (χ3v) is 3.74. The maximum atomic E-state index is 13.5. The Balaban J connectivity index is 2.58. The van der Waals surface area contributed by atoms with Crippen molar-refractivity contribution in [2.75, 3.05) is 26.4 Å². The van der Waals surface area contributed by atoms with E-state index in [1.807, 2.05) is 0 Å².